The zero-order chi connectivity index (χ0) is 15.1. The fourth-order valence-electron chi connectivity index (χ4n) is 1.30. The van der Waals surface area contributed by atoms with Gasteiger partial charge in [0.15, 0.2) is 0 Å². The first-order valence-corrected chi connectivity index (χ1v) is 7.88. The van der Waals surface area contributed by atoms with Crippen LogP contribution in [0.5, 0.6) is 5.75 Å². The van der Waals surface area contributed by atoms with Crippen molar-refractivity contribution in [2.45, 2.75) is 0 Å². The van der Waals surface area contributed by atoms with Crippen LogP contribution in [0.3, 0.4) is 0 Å². The number of phosphoric acid groups is 1. The molecule has 0 heterocycles. The number of para-hydroxylation sites is 1. The Bertz CT molecular complexity index is 432. The summed E-state index contributed by atoms with van der Waals surface area (Å²) in [4.78, 5) is 9.46. The molecular weight excluding hydrogens is 281 g/mol. The largest absolute Gasteiger partial charge is 0.491 e. The Hall–Kier alpha value is -0.910. The molecule has 7 heteroatoms. The van der Waals surface area contributed by atoms with Gasteiger partial charge in [-0.25, -0.2) is 4.57 Å². The molecule has 0 radical (unpaired) electrons. The standard InChI is InChI=1S/C13H22NO5P/c1-14(2,3)9-10-18-20(15,16)19-12-11-17-13-7-5-4-6-8-13/h4-8H,9-12H2,1-3H3/p+1. The van der Waals surface area contributed by atoms with Crippen LogP contribution in [-0.2, 0) is 13.6 Å². The quantitative estimate of drug-likeness (QED) is 0.429. The van der Waals surface area contributed by atoms with Crippen molar-refractivity contribution in [1.29, 1.82) is 0 Å². The normalized spacial score (nSPS) is 14.8. The van der Waals surface area contributed by atoms with Crippen LogP contribution in [0.1, 0.15) is 0 Å². The third kappa shape index (κ3) is 8.30. The van der Waals surface area contributed by atoms with Crippen LogP contribution in [-0.4, -0.2) is 56.9 Å². The summed E-state index contributed by atoms with van der Waals surface area (Å²) in [6, 6.07) is 9.18. The number of rotatable bonds is 9. The van der Waals surface area contributed by atoms with Crippen LogP contribution in [0.4, 0.5) is 0 Å². The maximum Gasteiger partial charge on any atom is 0.472 e. The molecule has 6 nitrogen and oxygen atoms in total. The average molecular weight is 304 g/mol. The predicted octanol–water partition coefficient (Wildman–Crippen LogP) is 1.91. The lowest BCUT2D eigenvalue weighted by Crippen LogP contribution is -2.37. The molecule has 0 aromatic heterocycles. The lowest BCUT2D eigenvalue weighted by molar-refractivity contribution is -0.870. The maximum absolute atomic E-state index is 11.6. The molecule has 0 saturated carbocycles. The number of phosphoric ester groups is 1. The highest BCUT2D eigenvalue weighted by Crippen LogP contribution is 2.42. The molecule has 1 atom stereocenters. The van der Waals surface area contributed by atoms with Crippen LogP contribution in [0.25, 0.3) is 0 Å². The van der Waals surface area contributed by atoms with Crippen molar-refractivity contribution >= 4 is 7.82 Å². The van der Waals surface area contributed by atoms with Gasteiger partial charge in [0.1, 0.15) is 25.5 Å². The second kappa shape index (κ2) is 7.76. The van der Waals surface area contributed by atoms with Crippen LogP contribution >= 0.6 is 7.82 Å². The van der Waals surface area contributed by atoms with Gasteiger partial charge in [-0.3, -0.25) is 9.05 Å². The van der Waals surface area contributed by atoms with E-state index in [2.05, 4.69) is 0 Å². The smallest absolute Gasteiger partial charge is 0.472 e. The van der Waals surface area contributed by atoms with Gasteiger partial charge in [0.2, 0.25) is 0 Å². The van der Waals surface area contributed by atoms with Gasteiger partial charge in [-0.15, -0.1) is 0 Å². The molecule has 0 bridgehead atoms. The lowest BCUT2D eigenvalue weighted by Gasteiger charge is -2.24. The van der Waals surface area contributed by atoms with Gasteiger partial charge in [-0.1, -0.05) is 18.2 Å². The molecule has 0 aliphatic carbocycles. The van der Waals surface area contributed by atoms with Gasteiger partial charge >= 0.3 is 7.82 Å². The first-order valence-electron chi connectivity index (χ1n) is 6.39. The average Bonchev–Trinajstić information content (AvgIpc) is 2.34. The van der Waals surface area contributed by atoms with E-state index in [9.17, 15) is 9.46 Å². The van der Waals surface area contributed by atoms with Crippen molar-refractivity contribution in [2.75, 3.05) is 47.5 Å². The zero-order valence-corrected chi connectivity index (χ0v) is 13.1. The number of benzene rings is 1. The second-order valence-corrected chi connectivity index (χ2v) is 6.76. The fourth-order valence-corrected chi connectivity index (χ4v) is 1.99. The van der Waals surface area contributed by atoms with Crippen molar-refractivity contribution in [3.05, 3.63) is 30.3 Å². The van der Waals surface area contributed by atoms with Gasteiger partial charge in [-0.2, -0.15) is 0 Å². The van der Waals surface area contributed by atoms with Crippen LogP contribution in [0, 0.1) is 0 Å². The van der Waals surface area contributed by atoms with Gasteiger partial charge in [0.25, 0.3) is 0 Å². The molecule has 114 valence electrons. The Kier molecular flexibility index (Phi) is 6.65. The summed E-state index contributed by atoms with van der Waals surface area (Å²) >= 11 is 0. The summed E-state index contributed by atoms with van der Waals surface area (Å²) in [6.45, 7) is 0.964. The molecule has 1 N–H and O–H groups in total. The minimum absolute atomic E-state index is 0.00690. The van der Waals surface area contributed by atoms with Gasteiger partial charge in [0, 0.05) is 0 Å². The first-order chi connectivity index (χ1) is 9.29. The highest BCUT2D eigenvalue weighted by Gasteiger charge is 2.22. The van der Waals surface area contributed by atoms with E-state index in [1.165, 1.54) is 0 Å². The molecule has 1 unspecified atom stereocenters. The maximum atomic E-state index is 11.6. The number of nitrogens with zero attached hydrogens (tertiary/aromatic N) is 1. The van der Waals surface area contributed by atoms with E-state index >= 15 is 0 Å². The summed E-state index contributed by atoms with van der Waals surface area (Å²) in [5.41, 5.74) is 0. The van der Waals surface area contributed by atoms with Gasteiger partial charge in [0.05, 0.1) is 27.7 Å². The molecular formula is C13H23NO5P+. The molecule has 0 spiro atoms. The van der Waals surface area contributed by atoms with Crippen molar-refractivity contribution in [2.24, 2.45) is 0 Å². The van der Waals surface area contributed by atoms with Gasteiger partial charge < -0.3 is 14.1 Å². The second-order valence-electron chi connectivity index (χ2n) is 5.31. The molecule has 0 amide bonds. The highest BCUT2D eigenvalue weighted by atomic mass is 31.2. The molecule has 0 saturated heterocycles. The Labute approximate surface area is 120 Å². The Balaban J connectivity index is 2.18. The number of hydrogen-bond donors (Lipinski definition) is 1. The molecule has 20 heavy (non-hydrogen) atoms. The van der Waals surface area contributed by atoms with E-state index in [1.54, 1.807) is 12.1 Å². The number of ether oxygens (including phenoxy) is 1. The van der Waals surface area contributed by atoms with E-state index in [0.717, 1.165) is 0 Å². The van der Waals surface area contributed by atoms with Crippen molar-refractivity contribution in [3.63, 3.8) is 0 Å². The molecule has 0 aliphatic heterocycles. The summed E-state index contributed by atoms with van der Waals surface area (Å²) in [6.07, 6.45) is 0. The van der Waals surface area contributed by atoms with E-state index in [4.69, 9.17) is 13.8 Å². The third-order valence-electron chi connectivity index (χ3n) is 2.37. The first kappa shape index (κ1) is 17.1. The number of hydrogen-bond acceptors (Lipinski definition) is 4. The Morgan fingerprint density at radius 1 is 1.05 bits per heavy atom. The lowest BCUT2D eigenvalue weighted by atomic mass is 10.3. The predicted molar refractivity (Wildman–Crippen MR) is 76.6 cm³/mol. The van der Waals surface area contributed by atoms with Crippen LogP contribution in [0.15, 0.2) is 30.3 Å². The SMILES string of the molecule is C[N+](C)(C)CCOP(=O)(O)OCCOc1ccccc1. The molecule has 1 aromatic carbocycles. The van der Waals surface area contributed by atoms with E-state index < -0.39 is 7.82 Å². The minimum atomic E-state index is -3.99. The van der Waals surface area contributed by atoms with E-state index in [-0.39, 0.29) is 19.8 Å². The Morgan fingerprint density at radius 2 is 1.65 bits per heavy atom. The summed E-state index contributed by atoms with van der Waals surface area (Å²) in [5, 5.41) is 0. The highest BCUT2D eigenvalue weighted by molar-refractivity contribution is 7.47. The fraction of sp³-hybridized carbons (Fsp3) is 0.538. The molecule has 0 fully saturated rings. The zero-order valence-electron chi connectivity index (χ0n) is 12.2. The number of likely N-dealkylation sites (N-methyl/N-ethyl adjacent to an activating group) is 1. The van der Waals surface area contributed by atoms with E-state index in [0.29, 0.717) is 16.8 Å². The van der Waals surface area contributed by atoms with Crippen molar-refractivity contribution < 1.29 is 27.7 Å². The Morgan fingerprint density at radius 3 is 2.25 bits per heavy atom. The topological polar surface area (TPSA) is 65.0 Å². The number of quaternary nitrogens is 1. The van der Waals surface area contributed by atoms with Crippen LogP contribution < -0.4 is 4.74 Å². The molecule has 1 aromatic rings. The molecule has 0 aliphatic rings. The van der Waals surface area contributed by atoms with Crippen molar-refractivity contribution in [3.8, 4) is 5.75 Å². The third-order valence-corrected chi connectivity index (χ3v) is 3.38. The van der Waals surface area contributed by atoms with Gasteiger partial charge in [-0.05, 0) is 12.1 Å². The summed E-state index contributed by atoms with van der Waals surface area (Å²) in [5.74, 6) is 0.690. The van der Waals surface area contributed by atoms with Crippen LogP contribution in [0.2, 0.25) is 0 Å². The summed E-state index contributed by atoms with van der Waals surface area (Å²) < 4.78 is 27.3. The summed E-state index contributed by atoms with van der Waals surface area (Å²) in [7, 11) is 1.93. The minimum Gasteiger partial charge on any atom is -0.491 e. The van der Waals surface area contributed by atoms with Crippen molar-refractivity contribution in [1.82, 2.24) is 0 Å². The monoisotopic (exact) mass is 304 g/mol. The van der Waals surface area contributed by atoms with E-state index in [1.807, 2.05) is 39.3 Å². The molecule has 1 rings (SSSR count).